The maximum absolute atomic E-state index is 14.1. The third kappa shape index (κ3) is 4.02. The lowest BCUT2D eigenvalue weighted by molar-refractivity contribution is 0.244. The van der Waals surface area contributed by atoms with Crippen LogP contribution >= 0.6 is 11.3 Å². The molecule has 0 atom stereocenters. The Labute approximate surface area is 183 Å². The Hall–Kier alpha value is -3.29. The zero-order chi connectivity index (χ0) is 21.4. The lowest BCUT2D eigenvalue weighted by atomic mass is 10.1. The zero-order valence-electron chi connectivity index (χ0n) is 16.8. The van der Waals surface area contributed by atoms with Crippen molar-refractivity contribution in [3.8, 4) is 21.8 Å². The van der Waals surface area contributed by atoms with Crippen LogP contribution in [0.2, 0.25) is 0 Å². The number of H-pyrrole nitrogens is 1. The molecule has 1 aliphatic rings. The number of halogens is 1. The van der Waals surface area contributed by atoms with Gasteiger partial charge in [0.15, 0.2) is 0 Å². The summed E-state index contributed by atoms with van der Waals surface area (Å²) in [4.78, 5) is 24.7. The molecule has 0 spiro atoms. The molecule has 1 aliphatic heterocycles. The average molecular weight is 433 g/mol. The van der Waals surface area contributed by atoms with Crippen molar-refractivity contribution >= 4 is 17.0 Å². The van der Waals surface area contributed by atoms with Gasteiger partial charge in [0, 0.05) is 52.6 Å². The summed E-state index contributed by atoms with van der Waals surface area (Å²) in [5.41, 5.74) is 9.36. The van der Waals surface area contributed by atoms with E-state index in [1.165, 1.54) is 6.07 Å². The van der Waals surface area contributed by atoms with E-state index < -0.39 is 0 Å². The van der Waals surface area contributed by atoms with Crippen molar-refractivity contribution in [1.82, 2.24) is 14.9 Å². The molecular weight excluding hydrogens is 411 g/mol. The number of hydrogen-bond donors (Lipinski definition) is 2. The summed E-state index contributed by atoms with van der Waals surface area (Å²) in [6.07, 6.45) is 0.715. The molecule has 0 radical (unpaired) electrons. The highest BCUT2D eigenvalue weighted by Crippen LogP contribution is 2.31. The predicted octanol–water partition coefficient (Wildman–Crippen LogP) is 4.45. The summed E-state index contributed by atoms with van der Waals surface area (Å²) < 4.78 is 14.1. The minimum Gasteiger partial charge on any atom is -0.399 e. The van der Waals surface area contributed by atoms with E-state index in [0.29, 0.717) is 30.0 Å². The van der Waals surface area contributed by atoms with Gasteiger partial charge in [-0.05, 0) is 42.5 Å². The Balaban J connectivity index is 1.34. The van der Waals surface area contributed by atoms with Gasteiger partial charge in [-0.25, -0.2) is 9.37 Å². The Morgan fingerprint density at radius 3 is 2.71 bits per heavy atom. The maximum atomic E-state index is 14.1. The molecule has 5 rings (SSSR count). The molecule has 5 nitrogen and oxygen atoms in total. The van der Waals surface area contributed by atoms with Crippen molar-refractivity contribution in [2.45, 2.75) is 19.5 Å². The Morgan fingerprint density at radius 2 is 1.90 bits per heavy atom. The number of anilines is 1. The molecule has 31 heavy (non-hydrogen) atoms. The maximum Gasteiger partial charge on any atom is 0.255 e. The quantitative estimate of drug-likeness (QED) is 0.468. The fraction of sp³-hybridized carbons (Fsp3) is 0.167. The number of nitrogens with one attached hydrogen (secondary N) is 1. The second-order valence-electron chi connectivity index (χ2n) is 7.67. The summed E-state index contributed by atoms with van der Waals surface area (Å²) in [6.45, 7) is 2.09. The smallest absolute Gasteiger partial charge is 0.255 e. The molecule has 0 bridgehead atoms. The number of hydrogen-bond acceptors (Lipinski definition) is 5. The van der Waals surface area contributed by atoms with Gasteiger partial charge >= 0.3 is 0 Å². The van der Waals surface area contributed by atoms with Crippen LogP contribution in [0.3, 0.4) is 0 Å². The van der Waals surface area contributed by atoms with Crippen molar-refractivity contribution < 1.29 is 4.39 Å². The normalized spacial score (nSPS) is 13.8. The van der Waals surface area contributed by atoms with Crippen LogP contribution in [-0.2, 0) is 19.5 Å². The number of rotatable bonds is 4. The highest BCUT2D eigenvalue weighted by Gasteiger charge is 2.22. The number of benzene rings is 2. The van der Waals surface area contributed by atoms with Crippen LogP contribution in [0.25, 0.3) is 21.8 Å². The Morgan fingerprint density at radius 1 is 1.10 bits per heavy atom. The molecule has 2 aromatic heterocycles. The fourth-order valence-electron chi connectivity index (χ4n) is 3.88. The summed E-state index contributed by atoms with van der Waals surface area (Å²) in [6, 6.07) is 18.1. The van der Waals surface area contributed by atoms with Crippen LogP contribution < -0.4 is 11.3 Å². The molecule has 4 aromatic rings. The van der Waals surface area contributed by atoms with Crippen molar-refractivity contribution in [3.05, 3.63) is 93.0 Å². The number of nitrogen functional groups attached to an aromatic ring is 1. The van der Waals surface area contributed by atoms with Crippen LogP contribution in [0.15, 0.2) is 65.5 Å². The van der Waals surface area contributed by atoms with Gasteiger partial charge in [-0.15, -0.1) is 11.3 Å². The molecule has 156 valence electrons. The highest BCUT2D eigenvalue weighted by molar-refractivity contribution is 7.15. The number of fused-ring (bicyclic) bond motifs is 1. The van der Waals surface area contributed by atoms with Gasteiger partial charge in [0.2, 0.25) is 0 Å². The molecule has 7 heteroatoms. The van der Waals surface area contributed by atoms with E-state index in [1.54, 1.807) is 35.6 Å². The molecule has 3 heterocycles. The molecule has 0 saturated carbocycles. The summed E-state index contributed by atoms with van der Waals surface area (Å²) in [5, 5.41) is 0. The van der Waals surface area contributed by atoms with Gasteiger partial charge in [0.25, 0.3) is 5.56 Å². The fourth-order valence-corrected chi connectivity index (χ4v) is 4.96. The second-order valence-corrected chi connectivity index (χ2v) is 8.84. The molecule has 0 saturated heterocycles. The molecule has 0 unspecified atom stereocenters. The highest BCUT2D eigenvalue weighted by atomic mass is 32.1. The molecule has 0 amide bonds. The van der Waals surface area contributed by atoms with Crippen LogP contribution in [0.4, 0.5) is 10.1 Å². The molecule has 0 aliphatic carbocycles. The van der Waals surface area contributed by atoms with Crippen LogP contribution in [-0.4, -0.2) is 21.4 Å². The number of thiophene rings is 1. The number of nitrogens with zero attached hydrogens (tertiary/aromatic N) is 2. The topological polar surface area (TPSA) is 75.0 Å². The van der Waals surface area contributed by atoms with Gasteiger partial charge in [-0.1, -0.05) is 18.2 Å². The monoisotopic (exact) mass is 432 g/mol. The molecule has 0 fully saturated rings. The third-order valence-electron chi connectivity index (χ3n) is 5.51. The SMILES string of the molecule is Nc1ccc(-c2nc3c(c(=O)[nH]2)CN(Cc2ccc(-c4ccccc4F)s2)CC3)cc1. The Kier molecular flexibility index (Phi) is 5.13. The summed E-state index contributed by atoms with van der Waals surface area (Å²) in [5.74, 6) is 0.363. The Bertz CT molecular complexity index is 1300. The van der Waals surface area contributed by atoms with Gasteiger partial charge in [-0.2, -0.15) is 0 Å². The first-order valence-corrected chi connectivity index (χ1v) is 10.9. The lowest BCUT2D eigenvalue weighted by Crippen LogP contribution is -2.35. The van der Waals surface area contributed by atoms with E-state index in [4.69, 9.17) is 10.7 Å². The van der Waals surface area contributed by atoms with Gasteiger partial charge in [0.1, 0.15) is 11.6 Å². The zero-order valence-corrected chi connectivity index (χ0v) is 17.6. The minimum atomic E-state index is -0.211. The largest absolute Gasteiger partial charge is 0.399 e. The molecular formula is C24H21FN4OS. The van der Waals surface area contributed by atoms with E-state index in [-0.39, 0.29) is 11.4 Å². The van der Waals surface area contributed by atoms with E-state index in [9.17, 15) is 9.18 Å². The summed E-state index contributed by atoms with van der Waals surface area (Å²) in [7, 11) is 0. The second kappa shape index (κ2) is 8.09. The van der Waals surface area contributed by atoms with Gasteiger partial charge in [-0.3, -0.25) is 9.69 Å². The average Bonchev–Trinajstić information content (AvgIpc) is 3.23. The lowest BCUT2D eigenvalue weighted by Gasteiger charge is -2.27. The number of nitrogens with two attached hydrogens (primary N) is 1. The number of aromatic amines is 1. The van der Waals surface area contributed by atoms with Crippen LogP contribution in [0.1, 0.15) is 16.1 Å². The van der Waals surface area contributed by atoms with Gasteiger partial charge in [0.05, 0.1) is 11.3 Å². The van der Waals surface area contributed by atoms with E-state index in [1.807, 2.05) is 30.3 Å². The minimum absolute atomic E-state index is 0.0975. The first-order chi connectivity index (χ1) is 15.1. The number of aromatic nitrogens is 2. The first kappa shape index (κ1) is 19.7. The van der Waals surface area contributed by atoms with E-state index in [2.05, 4.69) is 9.88 Å². The molecule has 2 aromatic carbocycles. The van der Waals surface area contributed by atoms with Gasteiger partial charge < -0.3 is 10.7 Å². The van der Waals surface area contributed by atoms with Crippen molar-refractivity contribution in [2.24, 2.45) is 0 Å². The van der Waals surface area contributed by atoms with Crippen LogP contribution in [0.5, 0.6) is 0 Å². The van der Waals surface area contributed by atoms with Crippen molar-refractivity contribution in [2.75, 3.05) is 12.3 Å². The van der Waals surface area contributed by atoms with E-state index >= 15 is 0 Å². The standard InChI is InChI=1S/C24H21FN4OS/c25-20-4-2-1-3-18(20)22-10-9-17(31-22)13-29-12-11-21-19(14-29)24(30)28-23(27-21)15-5-7-16(26)8-6-15/h1-10H,11-14,26H2,(H,27,28,30). The molecule has 3 N–H and O–H groups in total. The first-order valence-electron chi connectivity index (χ1n) is 10.1. The van der Waals surface area contributed by atoms with E-state index in [0.717, 1.165) is 39.7 Å². The van der Waals surface area contributed by atoms with Crippen molar-refractivity contribution in [3.63, 3.8) is 0 Å². The third-order valence-corrected chi connectivity index (χ3v) is 6.62. The van der Waals surface area contributed by atoms with Crippen LogP contribution in [0, 0.1) is 5.82 Å². The predicted molar refractivity (Wildman–Crippen MR) is 122 cm³/mol. The summed E-state index contributed by atoms with van der Waals surface area (Å²) >= 11 is 1.59. The van der Waals surface area contributed by atoms with Crippen molar-refractivity contribution in [1.29, 1.82) is 0 Å².